The zero-order valence-electron chi connectivity index (χ0n) is 18.1. The van der Waals surface area contributed by atoms with Gasteiger partial charge in [0.05, 0.1) is 20.1 Å². The number of carbonyl (C=O) groups is 2. The molecule has 1 saturated carbocycles. The first kappa shape index (κ1) is 21.1. The van der Waals surface area contributed by atoms with Crippen molar-refractivity contribution in [2.24, 2.45) is 0 Å². The van der Waals surface area contributed by atoms with E-state index in [0.29, 0.717) is 26.1 Å². The summed E-state index contributed by atoms with van der Waals surface area (Å²) in [4.78, 5) is 34.0. The quantitative estimate of drug-likeness (QED) is 0.697. The Kier molecular flexibility index (Phi) is 6.89. The maximum Gasteiger partial charge on any atom is 0.236 e. The first-order valence-corrected chi connectivity index (χ1v) is 11.3. The predicted molar refractivity (Wildman–Crippen MR) is 116 cm³/mol. The van der Waals surface area contributed by atoms with Crippen molar-refractivity contribution in [3.05, 3.63) is 29.8 Å². The minimum atomic E-state index is 0.151. The van der Waals surface area contributed by atoms with Gasteiger partial charge in [0.15, 0.2) is 0 Å². The normalized spacial score (nSPS) is 21.4. The van der Waals surface area contributed by atoms with E-state index >= 15 is 0 Å². The van der Waals surface area contributed by atoms with Gasteiger partial charge >= 0.3 is 0 Å². The van der Waals surface area contributed by atoms with E-state index in [0.717, 1.165) is 56.6 Å². The molecule has 2 aliphatic heterocycles. The molecule has 7 heteroatoms. The molecule has 2 saturated heterocycles. The van der Waals surface area contributed by atoms with E-state index in [1.807, 2.05) is 34.1 Å². The summed E-state index contributed by atoms with van der Waals surface area (Å²) in [5, 5.41) is 0. The Balaban J connectivity index is 1.17. The number of carbonyl (C=O) groups excluding carboxylic acids is 2. The SMILES string of the molecule is COc1ccc(CC(=O)N2CCN(CC(=O)N3CCN(C4CCC4)CC3)CC2)cc1. The Morgan fingerprint density at radius 1 is 0.867 bits per heavy atom. The molecule has 1 aromatic rings. The summed E-state index contributed by atoms with van der Waals surface area (Å²) >= 11 is 0. The number of methoxy groups -OCH3 is 1. The van der Waals surface area contributed by atoms with Crippen LogP contribution in [0.25, 0.3) is 0 Å². The van der Waals surface area contributed by atoms with Crippen LogP contribution in [-0.4, -0.2) is 103 Å². The fourth-order valence-corrected chi connectivity index (χ4v) is 4.56. The first-order chi connectivity index (χ1) is 14.6. The molecule has 2 amide bonds. The number of hydrogen-bond donors (Lipinski definition) is 0. The standard InChI is InChI=1S/C23H34N4O3/c1-30-21-7-5-19(6-8-21)17-22(28)26-11-9-24(10-12-26)18-23(29)27-15-13-25(14-16-27)20-3-2-4-20/h5-8,20H,2-4,9-18H2,1H3. The van der Waals surface area contributed by atoms with Gasteiger partial charge in [0.25, 0.3) is 0 Å². The third-order valence-corrected chi connectivity index (χ3v) is 6.86. The lowest BCUT2D eigenvalue weighted by molar-refractivity contribution is -0.136. The van der Waals surface area contributed by atoms with Crippen LogP contribution < -0.4 is 4.74 Å². The lowest BCUT2D eigenvalue weighted by Crippen LogP contribution is -2.56. The minimum absolute atomic E-state index is 0.151. The second kappa shape index (κ2) is 9.79. The van der Waals surface area contributed by atoms with Crippen molar-refractivity contribution in [1.82, 2.24) is 19.6 Å². The molecule has 4 rings (SSSR count). The van der Waals surface area contributed by atoms with Crippen molar-refractivity contribution in [3.63, 3.8) is 0 Å². The fraction of sp³-hybridized carbons (Fsp3) is 0.652. The van der Waals surface area contributed by atoms with Gasteiger partial charge in [0, 0.05) is 58.4 Å². The van der Waals surface area contributed by atoms with Crippen molar-refractivity contribution in [2.45, 2.75) is 31.7 Å². The Hall–Kier alpha value is -2.12. The monoisotopic (exact) mass is 414 g/mol. The molecule has 2 heterocycles. The van der Waals surface area contributed by atoms with Crippen LogP contribution >= 0.6 is 0 Å². The average molecular weight is 415 g/mol. The lowest BCUT2D eigenvalue weighted by atomic mass is 9.91. The molecule has 0 bridgehead atoms. The third kappa shape index (κ3) is 5.13. The van der Waals surface area contributed by atoms with E-state index in [1.165, 1.54) is 19.3 Å². The van der Waals surface area contributed by atoms with Gasteiger partial charge in [0.1, 0.15) is 5.75 Å². The van der Waals surface area contributed by atoms with Crippen molar-refractivity contribution in [2.75, 3.05) is 66.0 Å². The number of piperazine rings is 2. The number of rotatable bonds is 6. The number of amides is 2. The van der Waals surface area contributed by atoms with Crippen LogP contribution in [-0.2, 0) is 16.0 Å². The number of ether oxygens (including phenoxy) is 1. The van der Waals surface area contributed by atoms with Crippen molar-refractivity contribution >= 4 is 11.8 Å². The summed E-state index contributed by atoms with van der Waals surface area (Å²) in [5.41, 5.74) is 0.999. The molecule has 0 aromatic heterocycles. The van der Waals surface area contributed by atoms with Crippen LogP contribution in [0.2, 0.25) is 0 Å². The minimum Gasteiger partial charge on any atom is -0.497 e. The van der Waals surface area contributed by atoms with E-state index in [2.05, 4.69) is 9.80 Å². The molecule has 0 unspecified atom stereocenters. The highest BCUT2D eigenvalue weighted by Crippen LogP contribution is 2.25. The van der Waals surface area contributed by atoms with Crippen LogP contribution in [0.3, 0.4) is 0 Å². The van der Waals surface area contributed by atoms with Crippen molar-refractivity contribution in [3.8, 4) is 5.75 Å². The molecular weight excluding hydrogens is 380 g/mol. The molecule has 1 aromatic carbocycles. The van der Waals surface area contributed by atoms with Gasteiger partial charge in [-0.25, -0.2) is 0 Å². The number of nitrogens with zero attached hydrogens (tertiary/aromatic N) is 4. The van der Waals surface area contributed by atoms with E-state index < -0.39 is 0 Å². The van der Waals surface area contributed by atoms with Gasteiger partial charge in [-0.15, -0.1) is 0 Å². The summed E-state index contributed by atoms with van der Waals surface area (Å²) < 4.78 is 5.17. The largest absolute Gasteiger partial charge is 0.497 e. The highest BCUT2D eigenvalue weighted by Gasteiger charge is 2.30. The summed E-state index contributed by atoms with van der Waals surface area (Å²) in [6, 6.07) is 8.43. The smallest absolute Gasteiger partial charge is 0.236 e. The van der Waals surface area contributed by atoms with E-state index in [1.54, 1.807) is 7.11 Å². The van der Waals surface area contributed by atoms with E-state index in [-0.39, 0.29) is 11.8 Å². The van der Waals surface area contributed by atoms with Gasteiger partial charge in [0.2, 0.25) is 11.8 Å². The van der Waals surface area contributed by atoms with E-state index in [9.17, 15) is 9.59 Å². The zero-order chi connectivity index (χ0) is 20.9. The van der Waals surface area contributed by atoms with Crippen molar-refractivity contribution in [1.29, 1.82) is 0 Å². The molecule has 30 heavy (non-hydrogen) atoms. The molecule has 0 spiro atoms. The van der Waals surface area contributed by atoms with Crippen LogP contribution in [0.15, 0.2) is 24.3 Å². The van der Waals surface area contributed by atoms with Gasteiger partial charge in [-0.2, -0.15) is 0 Å². The lowest BCUT2D eigenvalue weighted by Gasteiger charge is -2.43. The average Bonchev–Trinajstić information content (AvgIpc) is 2.74. The summed E-state index contributed by atoms with van der Waals surface area (Å²) in [7, 11) is 1.64. The Bertz CT molecular complexity index is 718. The molecule has 7 nitrogen and oxygen atoms in total. The first-order valence-electron chi connectivity index (χ1n) is 11.3. The Morgan fingerprint density at radius 3 is 2.03 bits per heavy atom. The summed E-state index contributed by atoms with van der Waals surface area (Å²) in [5.74, 6) is 1.19. The third-order valence-electron chi connectivity index (χ3n) is 6.86. The maximum atomic E-state index is 12.7. The fourth-order valence-electron chi connectivity index (χ4n) is 4.56. The summed E-state index contributed by atoms with van der Waals surface area (Å²) in [6.45, 7) is 7.14. The zero-order valence-corrected chi connectivity index (χ0v) is 18.1. The second-order valence-electron chi connectivity index (χ2n) is 8.68. The molecule has 164 valence electrons. The molecule has 3 fully saturated rings. The molecule has 1 aliphatic carbocycles. The maximum absolute atomic E-state index is 12.7. The van der Waals surface area contributed by atoms with Crippen LogP contribution in [0.1, 0.15) is 24.8 Å². The predicted octanol–water partition coefficient (Wildman–Crippen LogP) is 1.08. The molecule has 0 N–H and O–H groups in total. The second-order valence-corrected chi connectivity index (χ2v) is 8.68. The molecule has 3 aliphatic rings. The van der Waals surface area contributed by atoms with Gasteiger partial charge in [-0.05, 0) is 30.5 Å². The van der Waals surface area contributed by atoms with Crippen LogP contribution in [0, 0.1) is 0 Å². The molecule has 0 radical (unpaired) electrons. The van der Waals surface area contributed by atoms with Gasteiger partial charge in [-0.3, -0.25) is 19.4 Å². The molecular formula is C23H34N4O3. The highest BCUT2D eigenvalue weighted by atomic mass is 16.5. The summed E-state index contributed by atoms with van der Waals surface area (Å²) in [6.07, 6.45) is 4.43. The Labute approximate surface area is 179 Å². The highest BCUT2D eigenvalue weighted by molar-refractivity contribution is 5.79. The van der Waals surface area contributed by atoms with Crippen LogP contribution in [0.4, 0.5) is 0 Å². The van der Waals surface area contributed by atoms with E-state index in [4.69, 9.17) is 4.74 Å². The topological polar surface area (TPSA) is 56.3 Å². The van der Waals surface area contributed by atoms with Crippen molar-refractivity contribution < 1.29 is 14.3 Å². The number of benzene rings is 1. The molecule has 0 atom stereocenters. The Morgan fingerprint density at radius 2 is 1.47 bits per heavy atom. The van der Waals surface area contributed by atoms with Gasteiger partial charge in [-0.1, -0.05) is 18.6 Å². The number of hydrogen-bond acceptors (Lipinski definition) is 5. The van der Waals surface area contributed by atoms with Crippen LogP contribution in [0.5, 0.6) is 5.75 Å². The van der Waals surface area contributed by atoms with Gasteiger partial charge < -0.3 is 14.5 Å².